The molecule has 2 saturated heterocycles. The number of aromatic nitrogens is 2. The smallest absolute Gasteiger partial charge is 0.318 e. The van der Waals surface area contributed by atoms with Crippen molar-refractivity contribution in [3.8, 4) is 0 Å². The molecule has 2 fully saturated rings. The molecule has 2 amide bonds. The zero-order valence-electron chi connectivity index (χ0n) is 15.2. The van der Waals surface area contributed by atoms with E-state index in [4.69, 9.17) is 4.74 Å². The fourth-order valence-electron chi connectivity index (χ4n) is 3.59. The van der Waals surface area contributed by atoms with E-state index < -0.39 is 0 Å². The van der Waals surface area contributed by atoms with Crippen LogP contribution < -0.4 is 5.32 Å². The number of likely N-dealkylation sites (tertiary alicyclic amines) is 1. The van der Waals surface area contributed by atoms with Gasteiger partial charge in [-0.3, -0.25) is 4.90 Å². The van der Waals surface area contributed by atoms with E-state index in [-0.39, 0.29) is 6.03 Å². The Balaban J connectivity index is 1.55. The number of morpholine rings is 1. The van der Waals surface area contributed by atoms with Crippen molar-refractivity contribution in [1.82, 2.24) is 24.7 Å². The van der Waals surface area contributed by atoms with Gasteiger partial charge in [0.05, 0.1) is 31.6 Å². The van der Waals surface area contributed by atoms with Gasteiger partial charge < -0.3 is 19.5 Å². The van der Waals surface area contributed by atoms with E-state index in [1.54, 1.807) is 11.8 Å². The molecule has 1 aromatic rings. The highest BCUT2D eigenvalue weighted by molar-refractivity contribution is 7.98. The molecule has 0 radical (unpaired) electrons. The number of thioether (sulfide) groups is 1. The molecule has 1 N–H and O–H groups in total. The second-order valence-electron chi connectivity index (χ2n) is 6.71. The highest BCUT2D eigenvalue weighted by Crippen LogP contribution is 2.19. The van der Waals surface area contributed by atoms with Crippen molar-refractivity contribution in [1.29, 1.82) is 0 Å². The number of carbonyl (C=O) groups excluding carboxylic acids is 1. The van der Waals surface area contributed by atoms with Crippen LogP contribution in [0.4, 0.5) is 4.79 Å². The maximum absolute atomic E-state index is 12.7. The van der Waals surface area contributed by atoms with E-state index in [2.05, 4.69) is 15.2 Å². The van der Waals surface area contributed by atoms with E-state index in [0.717, 1.165) is 63.1 Å². The average molecular weight is 368 g/mol. The first-order valence-electron chi connectivity index (χ1n) is 9.08. The first-order valence-corrected chi connectivity index (χ1v) is 10.3. The van der Waals surface area contributed by atoms with Crippen LogP contribution in [0.15, 0.2) is 11.4 Å². The van der Waals surface area contributed by atoms with Crippen molar-refractivity contribution in [3.63, 3.8) is 0 Å². The number of hydrogen-bond donors (Lipinski definition) is 1. The number of nitrogens with one attached hydrogen (secondary N) is 1. The third-order valence-corrected chi connectivity index (χ3v) is 5.85. The third kappa shape index (κ3) is 4.68. The lowest BCUT2D eigenvalue weighted by molar-refractivity contribution is 0.0221. The van der Waals surface area contributed by atoms with Gasteiger partial charge in [-0.05, 0) is 25.5 Å². The molecular formula is C17H29N5O2S. The van der Waals surface area contributed by atoms with Gasteiger partial charge in [0.25, 0.3) is 0 Å². The fourth-order valence-corrected chi connectivity index (χ4v) is 4.14. The third-order valence-electron chi connectivity index (χ3n) is 5.11. The van der Waals surface area contributed by atoms with Crippen LogP contribution in [-0.4, -0.2) is 77.1 Å². The molecule has 2 aliphatic rings. The molecule has 0 aromatic carbocycles. The van der Waals surface area contributed by atoms with Gasteiger partial charge in [-0.1, -0.05) is 11.8 Å². The summed E-state index contributed by atoms with van der Waals surface area (Å²) in [5.74, 6) is 0. The van der Waals surface area contributed by atoms with Gasteiger partial charge in [-0.2, -0.15) is 0 Å². The molecule has 3 heterocycles. The molecule has 7 nitrogen and oxygen atoms in total. The number of nitrogens with zero attached hydrogens (tertiary/aromatic N) is 4. The van der Waals surface area contributed by atoms with Gasteiger partial charge in [-0.15, -0.1) is 0 Å². The molecule has 0 spiro atoms. The van der Waals surface area contributed by atoms with Gasteiger partial charge in [0.15, 0.2) is 5.16 Å². The van der Waals surface area contributed by atoms with Crippen LogP contribution in [-0.2, 0) is 18.3 Å². The Morgan fingerprint density at radius 3 is 2.88 bits per heavy atom. The van der Waals surface area contributed by atoms with E-state index >= 15 is 0 Å². The van der Waals surface area contributed by atoms with Crippen molar-refractivity contribution in [3.05, 3.63) is 11.9 Å². The van der Waals surface area contributed by atoms with Crippen LogP contribution in [0.25, 0.3) is 0 Å². The monoisotopic (exact) mass is 367 g/mol. The largest absolute Gasteiger partial charge is 0.379 e. The van der Waals surface area contributed by atoms with Crippen LogP contribution in [0.1, 0.15) is 25.0 Å². The summed E-state index contributed by atoms with van der Waals surface area (Å²) in [5.41, 5.74) is 1.03. The number of carbonyl (C=O) groups is 1. The summed E-state index contributed by atoms with van der Waals surface area (Å²) in [5, 5.41) is 4.05. The van der Waals surface area contributed by atoms with E-state index in [9.17, 15) is 4.79 Å². The zero-order valence-corrected chi connectivity index (χ0v) is 16.1. The molecule has 140 valence electrons. The minimum absolute atomic E-state index is 0.0462. The summed E-state index contributed by atoms with van der Waals surface area (Å²) >= 11 is 1.61. The first-order chi connectivity index (χ1) is 12.2. The zero-order chi connectivity index (χ0) is 17.6. The summed E-state index contributed by atoms with van der Waals surface area (Å²) in [6.45, 7) is 5.87. The topological polar surface area (TPSA) is 62.6 Å². The minimum Gasteiger partial charge on any atom is -0.379 e. The van der Waals surface area contributed by atoms with Crippen LogP contribution in [0, 0.1) is 0 Å². The highest BCUT2D eigenvalue weighted by atomic mass is 32.2. The average Bonchev–Trinajstić information content (AvgIpc) is 3.01. The number of amides is 2. The maximum Gasteiger partial charge on any atom is 0.318 e. The van der Waals surface area contributed by atoms with Crippen molar-refractivity contribution in [2.75, 3.05) is 45.6 Å². The van der Waals surface area contributed by atoms with Crippen molar-refractivity contribution in [2.24, 2.45) is 7.05 Å². The van der Waals surface area contributed by atoms with Crippen LogP contribution in [0.3, 0.4) is 0 Å². The van der Waals surface area contributed by atoms with Crippen molar-refractivity contribution < 1.29 is 9.53 Å². The molecule has 8 heteroatoms. The molecule has 0 bridgehead atoms. The van der Waals surface area contributed by atoms with Crippen molar-refractivity contribution >= 4 is 17.8 Å². The Kier molecular flexibility index (Phi) is 6.61. The maximum atomic E-state index is 12.7. The van der Waals surface area contributed by atoms with Gasteiger partial charge in [0.1, 0.15) is 0 Å². The number of urea groups is 1. The van der Waals surface area contributed by atoms with E-state index in [1.807, 2.05) is 29.0 Å². The summed E-state index contributed by atoms with van der Waals surface area (Å²) < 4.78 is 7.46. The summed E-state index contributed by atoms with van der Waals surface area (Å²) in [6, 6.07) is 0.352. The lowest BCUT2D eigenvalue weighted by atomic mass is 10.0. The van der Waals surface area contributed by atoms with Crippen LogP contribution in [0.5, 0.6) is 0 Å². The SMILES string of the molecule is CSc1ncc(CNC(=O)N2CCCCC2CN2CCOCC2)n1C. The second-order valence-corrected chi connectivity index (χ2v) is 7.48. The van der Waals surface area contributed by atoms with E-state index in [1.165, 1.54) is 6.42 Å². The normalized spacial score (nSPS) is 22.2. The van der Waals surface area contributed by atoms with Crippen LogP contribution >= 0.6 is 11.8 Å². The number of ether oxygens (including phenoxy) is 1. The highest BCUT2D eigenvalue weighted by Gasteiger charge is 2.28. The standard InChI is InChI=1S/C17H29N5O2S/c1-20-15(12-19-17(20)25-2)11-18-16(23)22-6-4-3-5-14(22)13-21-7-9-24-10-8-21/h12,14H,3-11,13H2,1-2H3,(H,18,23). The lowest BCUT2D eigenvalue weighted by Crippen LogP contribution is -2.54. The van der Waals surface area contributed by atoms with Gasteiger partial charge in [-0.25, -0.2) is 9.78 Å². The predicted molar refractivity (Wildman–Crippen MR) is 98.8 cm³/mol. The Bertz CT molecular complexity index is 573. The molecule has 1 aromatic heterocycles. The summed E-state index contributed by atoms with van der Waals surface area (Å²) in [7, 11) is 1.99. The summed E-state index contributed by atoms with van der Waals surface area (Å²) in [6.07, 6.45) is 7.24. The number of hydrogen-bond acceptors (Lipinski definition) is 5. The van der Waals surface area contributed by atoms with Gasteiger partial charge in [0.2, 0.25) is 0 Å². The van der Waals surface area contributed by atoms with Crippen LogP contribution in [0.2, 0.25) is 0 Å². The Hall–Kier alpha value is -1.25. The number of rotatable bonds is 5. The molecule has 3 rings (SSSR count). The molecule has 1 unspecified atom stereocenters. The number of imidazole rings is 1. The lowest BCUT2D eigenvalue weighted by Gasteiger charge is -2.39. The fraction of sp³-hybridized carbons (Fsp3) is 0.765. The Morgan fingerprint density at radius 2 is 2.16 bits per heavy atom. The number of piperidine rings is 1. The quantitative estimate of drug-likeness (QED) is 0.800. The Morgan fingerprint density at radius 1 is 1.36 bits per heavy atom. The molecule has 1 atom stereocenters. The molecule has 0 aliphatic carbocycles. The van der Waals surface area contributed by atoms with Gasteiger partial charge >= 0.3 is 6.03 Å². The second kappa shape index (κ2) is 8.91. The predicted octanol–water partition coefficient (Wildman–Crippen LogP) is 1.54. The molecule has 0 saturated carbocycles. The molecular weight excluding hydrogens is 338 g/mol. The van der Waals surface area contributed by atoms with Gasteiger partial charge in [0, 0.05) is 39.3 Å². The minimum atomic E-state index is 0.0462. The Labute approximate surface area is 154 Å². The summed E-state index contributed by atoms with van der Waals surface area (Å²) in [4.78, 5) is 21.6. The van der Waals surface area contributed by atoms with Crippen molar-refractivity contribution in [2.45, 2.75) is 37.0 Å². The first kappa shape index (κ1) is 18.5. The molecule has 25 heavy (non-hydrogen) atoms. The molecule has 2 aliphatic heterocycles. The van der Waals surface area contributed by atoms with E-state index in [0.29, 0.717) is 12.6 Å².